The molecule has 1 aromatic carbocycles. The Morgan fingerprint density at radius 3 is 2.84 bits per heavy atom. The van der Waals surface area contributed by atoms with Crippen LogP contribution in [-0.2, 0) is 27.9 Å². The van der Waals surface area contributed by atoms with Crippen LogP contribution in [0.15, 0.2) is 46.9 Å². The second-order valence-electron chi connectivity index (χ2n) is 7.87. The second kappa shape index (κ2) is 8.34. The average molecular weight is 439 g/mol. The number of carbonyl (C=O) groups excluding carboxylic acids is 1. The van der Waals surface area contributed by atoms with Crippen LogP contribution in [0.4, 0.5) is 0 Å². The maximum Gasteiger partial charge on any atom is 0.327 e. The number of nitrogens with zero attached hydrogens (tertiary/aromatic N) is 4. The van der Waals surface area contributed by atoms with Gasteiger partial charge < -0.3 is 4.74 Å². The monoisotopic (exact) mass is 438 g/mol. The standard InChI is InChI=1S/C23H26N4O3S/c1-5-12-31-22-25-26(14-17(28)30-7-3)21-24-19-16-11-9-8-10-15(16)13-23(4,6-2)18(19)20(29)27(21)22/h5,8-11H,1,6-7,12-14H2,2-4H3/t23-/m0/s1. The van der Waals surface area contributed by atoms with Gasteiger partial charge in [-0.1, -0.05) is 56.0 Å². The molecule has 7 nitrogen and oxygen atoms in total. The van der Waals surface area contributed by atoms with Gasteiger partial charge in [-0.15, -0.1) is 11.7 Å². The van der Waals surface area contributed by atoms with Gasteiger partial charge in [-0.3, -0.25) is 9.59 Å². The summed E-state index contributed by atoms with van der Waals surface area (Å²) in [6.45, 7) is 9.91. The lowest BCUT2D eigenvalue weighted by molar-refractivity contribution is -0.143. The van der Waals surface area contributed by atoms with Crippen LogP contribution in [0.5, 0.6) is 0 Å². The molecule has 0 saturated heterocycles. The van der Waals surface area contributed by atoms with Crippen LogP contribution in [0.1, 0.15) is 38.3 Å². The summed E-state index contributed by atoms with van der Waals surface area (Å²) in [7, 11) is 0. The van der Waals surface area contributed by atoms with Gasteiger partial charge in [0.25, 0.3) is 5.56 Å². The summed E-state index contributed by atoms with van der Waals surface area (Å²) >= 11 is 1.39. The van der Waals surface area contributed by atoms with E-state index in [0.29, 0.717) is 27.9 Å². The lowest BCUT2D eigenvalue weighted by atomic mass is 9.69. The Balaban J connectivity index is 2.03. The number of ether oxygens (including phenoxy) is 1. The molecule has 3 aromatic rings. The van der Waals surface area contributed by atoms with E-state index >= 15 is 0 Å². The highest BCUT2D eigenvalue weighted by Crippen LogP contribution is 2.42. The van der Waals surface area contributed by atoms with Crippen molar-refractivity contribution in [1.29, 1.82) is 0 Å². The third-order valence-electron chi connectivity index (χ3n) is 5.85. The van der Waals surface area contributed by atoms with E-state index in [1.165, 1.54) is 26.4 Å². The van der Waals surface area contributed by atoms with E-state index in [1.54, 1.807) is 13.0 Å². The highest BCUT2D eigenvalue weighted by molar-refractivity contribution is 7.99. The first-order valence-corrected chi connectivity index (χ1v) is 11.4. The summed E-state index contributed by atoms with van der Waals surface area (Å²) in [5, 5.41) is 5.04. The number of carbonyl (C=O) groups is 1. The Bertz CT molecular complexity index is 1230. The van der Waals surface area contributed by atoms with E-state index in [1.807, 2.05) is 18.2 Å². The molecular weight excluding hydrogens is 412 g/mol. The molecule has 0 N–H and O–H groups in total. The van der Waals surface area contributed by atoms with Gasteiger partial charge in [0.05, 0.1) is 17.9 Å². The maximum atomic E-state index is 13.9. The zero-order chi connectivity index (χ0) is 22.2. The fourth-order valence-electron chi connectivity index (χ4n) is 4.16. The van der Waals surface area contributed by atoms with Crippen molar-refractivity contribution in [2.75, 3.05) is 12.4 Å². The molecule has 1 aliphatic carbocycles. The van der Waals surface area contributed by atoms with E-state index in [4.69, 9.17) is 9.72 Å². The molecule has 1 aliphatic rings. The molecule has 4 rings (SSSR count). The van der Waals surface area contributed by atoms with Gasteiger partial charge in [-0.2, -0.15) is 0 Å². The van der Waals surface area contributed by atoms with Crippen molar-refractivity contribution >= 4 is 23.5 Å². The third-order valence-corrected chi connectivity index (χ3v) is 6.77. The van der Waals surface area contributed by atoms with Crippen LogP contribution in [0.2, 0.25) is 0 Å². The number of aromatic nitrogens is 4. The van der Waals surface area contributed by atoms with Crippen molar-refractivity contribution in [2.45, 2.75) is 50.7 Å². The molecule has 0 unspecified atom stereocenters. The summed E-state index contributed by atoms with van der Waals surface area (Å²) in [6.07, 6.45) is 3.34. The highest BCUT2D eigenvalue weighted by atomic mass is 32.2. The molecule has 0 radical (unpaired) electrons. The number of esters is 1. The summed E-state index contributed by atoms with van der Waals surface area (Å²) < 4.78 is 8.10. The fraction of sp³-hybridized carbons (Fsp3) is 0.391. The van der Waals surface area contributed by atoms with Crippen molar-refractivity contribution in [1.82, 2.24) is 19.2 Å². The van der Waals surface area contributed by atoms with Crippen LogP contribution in [-0.4, -0.2) is 37.5 Å². The Morgan fingerprint density at radius 1 is 1.35 bits per heavy atom. The number of fused-ring (bicyclic) bond motifs is 4. The smallest absolute Gasteiger partial charge is 0.327 e. The lowest BCUT2D eigenvalue weighted by Crippen LogP contribution is -2.38. The van der Waals surface area contributed by atoms with Crippen molar-refractivity contribution in [3.05, 3.63) is 58.4 Å². The van der Waals surface area contributed by atoms with Gasteiger partial charge in [-0.05, 0) is 25.3 Å². The molecule has 0 fully saturated rings. The van der Waals surface area contributed by atoms with E-state index < -0.39 is 5.97 Å². The van der Waals surface area contributed by atoms with Crippen molar-refractivity contribution in [3.63, 3.8) is 0 Å². The summed E-state index contributed by atoms with van der Waals surface area (Å²) in [5.41, 5.74) is 3.07. The summed E-state index contributed by atoms with van der Waals surface area (Å²) in [4.78, 5) is 31.0. The van der Waals surface area contributed by atoms with Gasteiger partial charge in [0, 0.05) is 16.7 Å². The zero-order valence-corrected chi connectivity index (χ0v) is 18.9. The van der Waals surface area contributed by atoms with Crippen LogP contribution in [0.25, 0.3) is 17.0 Å². The second-order valence-corrected chi connectivity index (χ2v) is 8.86. The molecule has 2 aromatic heterocycles. The largest absolute Gasteiger partial charge is 0.465 e. The van der Waals surface area contributed by atoms with Crippen LogP contribution in [0.3, 0.4) is 0 Å². The lowest BCUT2D eigenvalue weighted by Gasteiger charge is -2.35. The molecule has 0 amide bonds. The first kappa shape index (κ1) is 21.4. The van der Waals surface area contributed by atoms with Gasteiger partial charge in [0.15, 0.2) is 5.16 Å². The molecular formula is C23H26N4O3S. The number of hydrogen-bond donors (Lipinski definition) is 0. The topological polar surface area (TPSA) is 78.5 Å². The Kier molecular flexibility index (Phi) is 5.75. The number of hydrogen-bond acceptors (Lipinski definition) is 6. The Labute approximate surface area is 185 Å². The summed E-state index contributed by atoms with van der Waals surface area (Å²) in [5.74, 6) is 0.514. The minimum Gasteiger partial charge on any atom is -0.465 e. The SMILES string of the molecule is C=CCSc1nn(CC(=O)OCC)c2nc3c(c(=O)n12)[C@@](C)(CC)Cc1ccccc1-3. The molecule has 2 heterocycles. The first-order chi connectivity index (χ1) is 14.9. The highest BCUT2D eigenvalue weighted by Gasteiger charge is 2.38. The number of thioether (sulfide) groups is 1. The molecule has 162 valence electrons. The predicted molar refractivity (Wildman–Crippen MR) is 122 cm³/mol. The van der Waals surface area contributed by atoms with Crippen LogP contribution >= 0.6 is 11.8 Å². The van der Waals surface area contributed by atoms with Crippen LogP contribution < -0.4 is 5.56 Å². The van der Waals surface area contributed by atoms with Crippen LogP contribution in [0, 0.1) is 0 Å². The number of benzene rings is 1. The first-order valence-electron chi connectivity index (χ1n) is 10.4. The molecule has 0 bridgehead atoms. The van der Waals surface area contributed by atoms with Gasteiger partial charge in [-0.25, -0.2) is 14.1 Å². The average Bonchev–Trinajstić information content (AvgIpc) is 3.09. The normalized spacial score (nSPS) is 17.3. The molecule has 1 atom stereocenters. The Hall–Kier alpha value is -2.87. The minimum atomic E-state index is -0.418. The molecule has 31 heavy (non-hydrogen) atoms. The molecule has 8 heteroatoms. The third kappa shape index (κ3) is 3.59. The van der Waals surface area contributed by atoms with E-state index in [0.717, 1.165) is 18.4 Å². The fourth-order valence-corrected chi connectivity index (χ4v) is 4.88. The quantitative estimate of drug-likeness (QED) is 0.318. The van der Waals surface area contributed by atoms with E-state index in [9.17, 15) is 9.59 Å². The van der Waals surface area contributed by atoms with Gasteiger partial charge in [0.2, 0.25) is 5.78 Å². The van der Waals surface area contributed by atoms with Crippen molar-refractivity contribution in [3.8, 4) is 11.3 Å². The van der Waals surface area contributed by atoms with Gasteiger partial charge in [0.1, 0.15) is 6.54 Å². The molecule has 0 spiro atoms. The van der Waals surface area contributed by atoms with E-state index in [2.05, 4.69) is 31.6 Å². The van der Waals surface area contributed by atoms with Gasteiger partial charge >= 0.3 is 5.97 Å². The number of rotatable bonds is 7. The minimum absolute atomic E-state index is 0.107. The molecule has 0 saturated carbocycles. The predicted octanol–water partition coefficient (Wildman–Crippen LogP) is 3.62. The summed E-state index contributed by atoms with van der Waals surface area (Å²) in [6, 6.07) is 8.07. The Morgan fingerprint density at radius 2 is 2.13 bits per heavy atom. The zero-order valence-electron chi connectivity index (χ0n) is 18.1. The van der Waals surface area contributed by atoms with Crippen molar-refractivity contribution in [2.24, 2.45) is 0 Å². The van der Waals surface area contributed by atoms with E-state index in [-0.39, 0.29) is 24.1 Å². The maximum absolute atomic E-state index is 13.9. The molecule has 0 aliphatic heterocycles. The van der Waals surface area contributed by atoms with Crippen molar-refractivity contribution < 1.29 is 9.53 Å².